The zero-order chi connectivity index (χ0) is 12.3. The molecule has 0 saturated carbocycles. The summed E-state index contributed by atoms with van der Waals surface area (Å²) in [5.74, 6) is -3.49. The van der Waals surface area contributed by atoms with Crippen molar-refractivity contribution in [2.75, 3.05) is 6.61 Å². The SMILES string of the molecule is CCOC(=O)C(=O)c1c(Cl)ccc(O)c1O. The molecule has 0 bridgehead atoms. The molecule has 0 radical (unpaired) electrons. The van der Waals surface area contributed by atoms with Crippen LogP contribution in [0.4, 0.5) is 0 Å². The molecular weight excluding hydrogens is 236 g/mol. The summed E-state index contributed by atoms with van der Waals surface area (Å²) in [7, 11) is 0. The highest BCUT2D eigenvalue weighted by atomic mass is 35.5. The van der Waals surface area contributed by atoms with E-state index in [0.29, 0.717) is 0 Å². The number of carbonyl (C=O) groups is 2. The Kier molecular flexibility index (Phi) is 3.73. The first-order chi connectivity index (χ1) is 7.49. The van der Waals surface area contributed by atoms with Crippen LogP contribution in [0.3, 0.4) is 0 Å². The van der Waals surface area contributed by atoms with Crippen molar-refractivity contribution in [1.82, 2.24) is 0 Å². The number of hydrogen-bond acceptors (Lipinski definition) is 5. The predicted octanol–water partition coefficient (Wildman–Crippen LogP) is 1.50. The van der Waals surface area contributed by atoms with Gasteiger partial charge in [-0.1, -0.05) is 11.6 Å². The minimum atomic E-state index is -1.13. The number of halogens is 1. The van der Waals surface area contributed by atoms with Gasteiger partial charge < -0.3 is 14.9 Å². The van der Waals surface area contributed by atoms with Crippen LogP contribution in [0.25, 0.3) is 0 Å². The molecule has 0 saturated heterocycles. The van der Waals surface area contributed by atoms with Gasteiger partial charge in [-0.2, -0.15) is 0 Å². The summed E-state index contributed by atoms with van der Waals surface area (Å²) in [5, 5.41) is 18.4. The van der Waals surface area contributed by atoms with Gasteiger partial charge in [-0.3, -0.25) is 4.79 Å². The summed E-state index contributed by atoms with van der Waals surface area (Å²) in [4.78, 5) is 22.6. The van der Waals surface area contributed by atoms with Crippen LogP contribution in [0.15, 0.2) is 12.1 Å². The van der Waals surface area contributed by atoms with E-state index in [1.54, 1.807) is 0 Å². The molecule has 0 aliphatic carbocycles. The number of ether oxygens (including phenoxy) is 1. The number of phenolic OH excluding ortho intramolecular Hbond substituents is 2. The van der Waals surface area contributed by atoms with Gasteiger partial charge in [-0.15, -0.1) is 0 Å². The van der Waals surface area contributed by atoms with E-state index in [-0.39, 0.29) is 11.6 Å². The molecule has 0 atom stereocenters. The van der Waals surface area contributed by atoms with Gasteiger partial charge in [0.05, 0.1) is 17.2 Å². The van der Waals surface area contributed by atoms with Gasteiger partial charge >= 0.3 is 5.97 Å². The highest BCUT2D eigenvalue weighted by Crippen LogP contribution is 2.34. The van der Waals surface area contributed by atoms with E-state index in [4.69, 9.17) is 11.6 Å². The van der Waals surface area contributed by atoms with Crippen LogP contribution in [0, 0.1) is 0 Å². The largest absolute Gasteiger partial charge is 0.504 e. The molecule has 0 aliphatic heterocycles. The normalized spacial score (nSPS) is 9.88. The second-order valence-electron chi connectivity index (χ2n) is 2.84. The van der Waals surface area contributed by atoms with Crippen LogP contribution >= 0.6 is 11.6 Å². The molecule has 86 valence electrons. The van der Waals surface area contributed by atoms with Gasteiger partial charge in [0.25, 0.3) is 5.78 Å². The molecule has 16 heavy (non-hydrogen) atoms. The minimum absolute atomic E-state index is 0.0295. The molecule has 1 rings (SSSR count). The second-order valence-corrected chi connectivity index (χ2v) is 3.25. The van der Waals surface area contributed by atoms with Crippen LogP contribution in [0.2, 0.25) is 5.02 Å². The van der Waals surface area contributed by atoms with Crippen molar-refractivity contribution < 1.29 is 24.5 Å². The van der Waals surface area contributed by atoms with E-state index in [9.17, 15) is 19.8 Å². The molecule has 5 nitrogen and oxygen atoms in total. The number of esters is 1. The zero-order valence-corrected chi connectivity index (χ0v) is 9.11. The number of carbonyl (C=O) groups excluding carboxylic acids is 2. The molecule has 0 heterocycles. The topological polar surface area (TPSA) is 83.8 Å². The number of aromatic hydroxyl groups is 2. The van der Waals surface area contributed by atoms with Crippen molar-refractivity contribution in [2.24, 2.45) is 0 Å². The molecule has 6 heteroatoms. The lowest BCUT2D eigenvalue weighted by molar-refractivity contribution is -0.137. The number of benzene rings is 1. The van der Waals surface area contributed by atoms with Gasteiger partial charge in [0, 0.05) is 0 Å². The van der Waals surface area contributed by atoms with Gasteiger partial charge in [0.15, 0.2) is 11.5 Å². The highest BCUT2D eigenvalue weighted by molar-refractivity contribution is 6.46. The van der Waals surface area contributed by atoms with E-state index in [1.807, 2.05) is 0 Å². The van der Waals surface area contributed by atoms with Crippen molar-refractivity contribution in [3.05, 3.63) is 22.7 Å². The van der Waals surface area contributed by atoms with Crippen molar-refractivity contribution >= 4 is 23.4 Å². The van der Waals surface area contributed by atoms with Crippen molar-refractivity contribution in [1.29, 1.82) is 0 Å². The summed E-state index contributed by atoms with van der Waals surface area (Å²) in [6.45, 7) is 1.57. The molecular formula is C10H9ClO5. The summed E-state index contributed by atoms with van der Waals surface area (Å²) in [6.07, 6.45) is 0. The van der Waals surface area contributed by atoms with Gasteiger partial charge in [-0.05, 0) is 19.1 Å². The van der Waals surface area contributed by atoms with Gasteiger partial charge in [0.1, 0.15) is 0 Å². The number of Topliss-reactive ketones (excluding diaryl/α,β-unsaturated/α-hetero) is 1. The lowest BCUT2D eigenvalue weighted by Gasteiger charge is -2.06. The smallest absolute Gasteiger partial charge is 0.379 e. The maximum atomic E-state index is 11.5. The third kappa shape index (κ3) is 2.25. The Hall–Kier alpha value is -1.75. The molecule has 0 amide bonds. The number of hydrogen-bond donors (Lipinski definition) is 2. The third-order valence-corrected chi connectivity index (χ3v) is 2.11. The third-order valence-electron chi connectivity index (χ3n) is 1.79. The number of rotatable bonds is 3. The Bertz CT molecular complexity index is 441. The molecule has 1 aromatic rings. The molecule has 1 aromatic carbocycles. The van der Waals surface area contributed by atoms with Crippen LogP contribution in [-0.2, 0) is 9.53 Å². The summed E-state index contributed by atoms with van der Waals surface area (Å²) in [5.41, 5.74) is -0.458. The van der Waals surface area contributed by atoms with E-state index in [0.717, 1.165) is 6.07 Å². The summed E-state index contributed by atoms with van der Waals surface area (Å²) >= 11 is 5.64. The van der Waals surface area contributed by atoms with Crippen molar-refractivity contribution in [3.8, 4) is 11.5 Å². The Morgan fingerprint density at radius 3 is 2.56 bits per heavy atom. The van der Waals surface area contributed by atoms with Crippen LogP contribution < -0.4 is 0 Å². The predicted molar refractivity (Wildman–Crippen MR) is 55.7 cm³/mol. The quantitative estimate of drug-likeness (QED) is 0.364. The lowest BCUT2D eigenvalue weighted by atomic mass is 10.1. The number of phenols is 2. The first-order valence-electron chi connectivity index (χ1n) is 4.41. The summed E-state index contributed by atoms with van der Waals surface area (Å²) < 4.78 is 4.47. The fraction of sp³-hybridized carbons (Fsp3) is 0.200. The fourth-order valence-corrected chi connectivity index (χ4v) is 1.31. The van der Waals surface area contributed by atoms with E-state index < -0.39 is 28.8 Å². The molecule has 2 N–H and O–H groups in total. The lowest BCUT2D eigenvalue weighted by Crippen LogP contribution is -2.18. The fourth-order valence-electron chi connectivity index (χ4n) is 1.07. The minimum Gasteiger partial charge on any atom is -0.504 e. The molecule has 0 fully saturated rings. The van der Waals surface area contributed by atoms with Gasteiger partial charge in [-0.25, -0.2) is 4.79 Å². The Balaban J connectivity index is 3.18. The first-order valence-corrected chi connectivity index (χ1v) is 4.78. The molecule has 0 unspecified atom stereocenters. The van der Waals surface area contributed by atoms with Crippen molar-refractivity contribution in [3.63, 3.8) is 0 Å². The van der Waals surface area contributed by atoms with Gasteiger partial charge in [0.2, 0.25) is 0 Å². The average molecular weight is 245 g/mol. The van der Waals surface area contributed by atoms with E-state index >= 15 is 0 Å². The van der Waals surface area contributed by atoms with Crippen LogP contribution in [-0.4, -0.2) is 28.6 Å². The summed E-state index contributed by atoms with van der Waals surface area (Å²) in [6, 6.07) is 2.31. The maximum absolute atomic E-state index is 11.5. The molecule has 0 spiro atoms. The standard InChI is InChI=1S/C10H9ClO5/c1-2-16-10(15)9(14)7-5(11)3-4-6(12)8(7)13/h3-4,12-13H,2H2,1H3. The van der Waals surface area contributed by atoms with Crippen LogP contribution in [0.5, 0.6) is 11.5 Å². The average Bonchev–Trinajstić information content (AvgIpc) is 2.24. The zero-order valence-electron chi connectivity index (χ0n) is 8.36. The number of ketones is 1. The Morgan fingerprint density at radius 1 is 1.38 bits per heavy atom. The molecule has 0 aliphatic rings. The molecule has 0 aromatic heterocycles. The van der Waals surface area contributed by atoms with E-state index in [1.165, 1.54) is 13.0 Å². The second kappa shape index (κ2) is 4.85. The Labute approximate surface area is 96.2 Å². The monoisotopic (exact) mass is 244 g/mol. The Morgan fingerprint density at radius 2 is 2.00 bits per heavy atom. The highest BCUT2D eigenvalue weighted by Gasteiger charge is 2.25. The van der Waals surface area contributed by atoms with E-state index in [2.05, 4.69) is 4.74 Å². The maximum Gasteiger partial charge on any atom is 0.379 e. The van der Waals surface area contributed by atoms with Crippen molar-refractivity contribution in [2.45, 2.75) is 6.92 Å². The van der Waals surface area contributed by atoms with Crippen LogP contribution in [0.1, 0.15) is 17.3 Å². The first kappa shape index (κ1) is 12.3.